The first kappa shape index (κ1) is 13.3. The molecule has 1 aliphatic heterocycles. The van der Waals surface area contributed by atoms with Crippen LogP contribution in [-0.4, -0.2) is 34.7 Å². The molecule has 1 atom stereocenters. The van der Waals surface area contributed by atoms with Gasteiger partial charge >= 0.3 is 0 Å². The first-order chi connectivity index (χ1) is 9.06. The highest BCUT2D eigenvalue weighted by atomic mass is 16.3. The number of carbonyl (C=O) groups excluding carboxylic acids is 2. The number of allylic oxidation sites excluding steroid dienone is 1. The number of Topliss-reactive ketones (excluding diaryl/α,β-unsaturated/α-hetero) is 2. The van der Waals surface area contributed by atoms with E-state index in [0.29, 0.717) is 17.7 Å². The number of ketones is 2. The molecule has 1 aliphatic rings. The van der Waals surface area contributed by atoms with Crippen molar-refractivity contribution in [2.24, 2.45) is 0 Å². The molecule has 4 nitrogen and oxygen atoms in total. The summed E-state index contributed by atoms with van der Waals surface area (Å²) < 4.78 is 0. The molecule has 0 saturated heterocycles. The van der Waals surface area contributed by atoms with Crippen LogP contribution in [0.2, 0.25) is 0 Å². The zero-order valence-electron chi connectivity index (χ0n) is 11.1. The molecule has 0 fully saturated rings. The van der Waals surface area contributed by atoms with E-state index in [4.69, 9.17) is 0 Å². The topological polar surface area (TPSA) is 57.6 Å². The Hall–Kier alpha value is -2.10. The maximum Gasteiger partial charge on any atom is 0.221 e. The molecule has 19 heavy (non-hydrogen) atoms. The molecular formula is C15H17NO3. The van der Waals surface area contributed by atoms with Crippen molar-refractivity contribution in [2.75, 3.05) is 7.05 Å². The van der Waals surface area contributed by atoms with E-state index in [1.54, 1.807) is 36.2 Å². The van der Waals surface area contributed by atoms with Crippen LogP contribution in [0.5, 0.6) is 0 Å². The van der Waals surface area contributed by atoms with Crippen LogP contribution in [0.25, 0.3) is 0 Å². The lowest BCUT2D eigenvalue weighted by Crippen LogP contribution is -2.33. The van der Waals surface area contributed by atoms with Crippen molar-refractivity contribution < 1.29 is 14.7 Å². The molecule has 0 spiro atoms. The number of aliphatic hydroxyl groups is 1. The Morgan fingerprint density at radius 2 is 1.95 bits per heavy atom. The maximum atomic E-state index is 12.1. The van der Waals surface area contributed by atoms with Crippen molar-refractivity contribution in [3.63, 3.8) is 0 Å². The fourth-order valence-corrected chi connectivity index (χ4v) is 2.40. The van der Waals surface area contributed by atoms with Gasteiger partial charge in [0.05, 0.1) is 5.70 Å². The van der Waals surface area contributed by atoms with Gasteiger partial charge in [0.1, 0.15) is 6.04 Å². The number of hydrogen-bond donors (Lipinski definition) is 1. The van der Waals surface area contributed by atoms with E-state index < -0.39 is 6.04 Å². The summed E-state index contributed by atoms with van der Waals surface area (Å²) >= 11 is 0. The van der Waals surface area contributed by atoms with E-state index >= 15 is 0 Å². The standard InChI is InChI=1S/C15H17NO3/c1-3-11-14(18)15(19)12(16(11)2)9-13(17)10-7-5-4-6-8-10/h4-8,12,18H,3,9H2,1-2H3. The smallest absolute Gasteiger partial charge is 0.221 e. The summed E-state index contributed by atoms with van der Waals surface area (Å²) in [7, 11) is 1.74. The minimum Gasteiger partial charge on any atom is -0.503 e. The van der Waals surface area contributed by atoms with E-state index in [2.05, 4.69) is 0 Å². The summed E-state index contributed by atoms with van der Waals surface area (Å²) in [5.41, 5.74) is 1.20. The number of likely N-dealkylation sites (N-methyl/N-ethyl adjacent to an activating group) is 1. The second-order valence-corrected chi connectivity index (χ2v) is 4.63. The summed E-state index contributed by atoms with van der Waals surface area (Å²) in [6, 6.07) is 8.31. The van der Waals surface area contributed by atoms with E-state index in [-0.39, 0.29) is 23.7 Å². The highest BCUT2D eigenvalue weighted by Crippen LogP contribution is 2.27. The molecule has 2 rings (SSSR count). The van der Waals surface area contributed by atoms with E-state index in [0.717, 1.165) is 0 Å². The third kappa shape index (κ3) is 2.38. The molecular weight excluding hydrogens is 242 g/mol. The van der Waals surface area contributed by atoms with Crippen molar-refractivity contribution in [3.05, 3.63) is 47.4 Å². The van der Waals surface area contributed by atoms with E-state index in [1.165, 1.54) is 0 Å². The van der Waals surface area contributed by atoms with Crippen molar-refractivity contribution in [1.29, 1.82) is 0 Å². The third-order valence-corrected chi connectivity index (χ3v) is 3.51. The van der Waals surface area contributed by atoms with Gasteiger partial charge in [-0.2, -0.15) is 0 Å². The van der Waals surface area contributed by atoms with Crippen molar-refractivity contribution in [3.8, 4) is 0 Å². The molecule has 0 aliphatic carbocycles. The van der Waals surface area contributed by atoms with Crippen LogP contribution in [-0.2, 0) is 4.79 Å². The van der Waals surface area contributed by atoms with Crippen LogP contribution < -0.4 is 0 Å². The number of hydrogen-bond acceptors (Lipinski definition) is 4. The fourth-order valence-electron chi connectivity index (χ4n) is 2.40. The van der Waals surface area contributed by atoms with Gasteiger partial charge in [-0.3, -0.25) is 9.59 Å². The number of aliphatic hydroxyl groups excluding tert-OH is 1. The molecule has 1 heterocycles. The molecule has 1 aromatic carbocycles. The Kier molecular flexibility index (Phi) is 3.69. The lowest BCUT2D eigenvalue weighted by atomic mass is 10.0. The summed E-state index contributed by atoms with van der Waals surface area (Å²) in [6.45, 7) is 1.87. The van der Waals surface area contributed by atoms with E-state index in [1.807, 2.05) is 13.0 Å². The van der Waals surface area contributed by atoms with Crippen LogP contribution in [0.4, 0.5) is 0 Å². The highest BCUT2D eigenvalue weighted by Gasteiger charge is 2.37. The normalized spacial score (nSPS) is 19.2. The van der Waals surface area contributed by atoms with Gasteiger partial charge in [0.25, 0.3) is 0 Å². The van der Waals surface area contributed by atoms with Gasteiger partial charge in [0.2, 0.25) is 5.78 Å². The summed E-state index contributed by atoms with van der Waals surface area (Å²) in [4.78, 5) is 25.8. The molecule has 4 heteroatoms. The molecule has 0 aromatic heterocycles. The van der Waals surface area contributed by atoms with Crippen molar-refractivity contribution >= 4 is 11.6 Å². The predicted molar refractivity (Wildman–Crippen MR) is 71.9 cm³/mol. The lowest BCUT2D eigenvalue weighted by Gasteiger charge is -2.22. The zero-order valence-corrected chi connectivity index (χ0v) is 11.1. The molecule has 100 valence electrons. The highest BCUT2D eigenvalue weighted by molar-refractivity contribution is 6.05. The molecule has 1 unspecified atom stereocenters. The lowest BCUT2D eigenvalue weighted by molar-refractivity contribution is -0.120. The summed E-state index contributed by atoms with van der Waals surface area (Å²) in [5.74, 6) is -0.643. The third-order valence-electron chi connectivity index (χ3n) is 3.51. The summed E-state index contributed by atoms with van der Waals surface area (Å²) in [6.07, 6.45) is 0.664. The van der Waals surface area contributed by atoms with Gasteiger partial charge in [-0.05, 0) is 6.42 Å². The summed E-state index contributed by atoms with van der Waals surface area (Å²) in [5, 5.41) is 9.76. The van der Waals surface area contributed by atoms with Gasteiger partial charge in [-0.1, -0.05) is 37.3 Å². The number of rotatable bonds is 4. The maximum absolute atomic E-state index is 12.1. The largest absolute Gasteiger partial charge is 0.503 e. The second kappa shape index (κ2) is 5.26. The number of benzene rings is 1. The molecule has 0 bridgehead atoms. The van der Waals surface area contributed by atoms with Crippen LogP contribution in [0.3, 0.4) is 0 Å². The molecule has 0 saturated carbocycles. The van der Waals surface area contributed by atoms with Gasteiger partial charge in [-0.15, -0.1) is 0 Å². The predicted octanol–water partition coefficient (Wildman–Crippen LogP) is 2.32. The van der Waals surface area contributed by atoms with Gasteiger partial charge in [0.15, 0.2) is 11.5 Å². The average Bonchev–Trinajstić information content (AvgIpc) is 2.63. The zero-order chi connectivity index (χ0) is 14.0. The van der Waals surface area contributed by atoms with Crippen molar-refractivity contribution in [2.45, 2.75) is 25.8 Å². The Bertz CT molecular complexity index is 534. The SMILES string of the molecule is CCC1=C(O)C(=O)C(CC(=O)c2ccccc2)N1C. The minimum atomic E-state index is -0.581. The second-order valence-electron chi connectivity index (χ2n) is 4.63. The van der Waals surface area contributed by atoms with Crippen molar-refractivity contribution in [1.82, 2.24) is 4.90 Å². The molecule has 1 aromatic rings. The van der Waals surface area contributed by atoms with Gasteiger partial charge < -0.3 is 10.0 Å². The number of nitrogens with zero attached hydrogens (tertiary/aromatic N) is 1. The van der Waals surface area contributed by atoms with Crippen LogP contribution >= 0.6 is 0 Å². The van der Waals surface area contributed by atoms with Gasteiger partial charge in [0, 0.05) is 19.0 Å². The quantitative estimate of drug-likeness (QED) is 0.843. The Morgan fingerprint density at radius 1 is 1.32 bits per heavy atom. The minimum absolute atomic E-state index is 0.0871. The molecule has 0 amide bonds. The number of carbonyl (C=O) groups is 2. The van der Waals surface area contributed by atoms with E-state index in [9.17, 15) is 14.7 Å². The van der Waals surface area contributed by atoms with Gasteiger partial charge in [-0.25, -0.2) is 0 Å². The van der Waals surface area contributed by atoms with Crippen LogP contribution in [0.15, 0.2) is 41.8 Å². The average molecular weight is 259 g/mol. The Labute approximate surface area is 112 Å². The first-order valence-electron chi connectivity index (χ1n) is 6.33. The molecule has 1 N–H and O–H groups in total. The molecule has 0 radical (unpaired) electrons. The fraction of sp³-hybridized carbons (Fsp3) is 0.333. The van der Waals surface area contributed by atoms with Crippen LogP contribution in [0.1, 0.15) is 30.1 Å². The Balaban J connectivity index is 2.14. The Morgan fingerprint density at radius 3 is 2.47 bits per heavy atom. The first-order valence-corrected chi connectivity index (χ1v) is 6.33. The monoisotopic (exact) mass is 259 g/mol. The van der Waals surface area contributed by atoms with Crippen LogP contribution in [0, 0.1) is 0 Å².